The summed E-state index contributed by atoms with van der Waals surface area (Å²) in [6, 6.07) is 1.82. The molecule has 0 atom stereocenters. The maximum Gasteiger partial charge on any atom is 0.158 e. The Bertz CT molecular complexity index is 459. The molecule has 0 radical (unpaired) electrons. The minimum Gasteiger partial charge on any atom is -0.377 e. The number of nitrogens with one attached hydrogen (secondary N) is 2. The van der Waals surface area contributed by atoms with Gasteiger partial charge >= 0.3 is 0 Å². The first-order valence-corrected chi connectivity index (χ1v) is 7.30. The molecule has 7 heteroatoms. The van der Waals surface area contributed by atoms with Crippen LogP contribution in [0.5, 0.6) is 0 Å². The Hall–Kier alpha value is -1.44. The van der Waals surface area contributed by atoms with Crippen LogP contribution >= 0.6 is 0 Å². The number of hydrazine groups is 1. The number of hydrogen-bond acceptors (Lipinski definition) is 7. The number of anilines is 2. The van der Waals surface area contributed by atoms with Gasteiger partial charge in [0.05, 0.1) is 0 Å². The van der Waals surface area contributed by atoms with Crippen LogP contribution in [0.4, 0.5) is 11.6 Å². The number of ether oxygens (including phenoxy) is 1. The fourth-order valence-corrected chi connectivity index (χ4v) is 2.49. The van der Waals surface area contributed by atoms with Crippen LogP contribution in [0.15, 0.2) is 6.07 Å². The van der Waals surface area contributed by atoms with Crippen molar-refractivity contribution in [2.45, 2.75) is 26.4 Å². The number of rotatable bonds is 6. The summed E-state index contributed by atoms with van der Waals surface area (Å²) in [7, 11) is 3.80. The van der Waals surface area contributed by atoms with E-state index in [0.29, 0.717) is 23.7 Å². The predicted molar refractivity (Wildman–Crippen MR) is 83.9 cm³/mol. The molecule has 7 nitrogen and oxygen atoms in total. The molecule has 118 valence electrons. The maximum absolute atomic E-state index is 5.45. The van der Waals surface area contributed by atoms with Crippen LogP contribution in [0.3, 0.4) is 0 Å². The van der Waals surface area contributed by atoms with Crippen molar-refractivity contribution >= 4 is 11.6 Å². The molecular formula is C14H26N6O. The molecule has 1 fully saturated rings. The Kier molecular flexibility index (Phi) is 5.33. The minimum atomic E-state index is 0.301. The van der Waals surface area contributed by atoms with Crippen LogP contribution < -0.4 is 16.6 Å². The van der Waals surface area contributed by atoms with Gasteiger partial charge in [0, 0.05) is 19.7 Å². The molecule has 1 aromatic rings. The van der Waals surface area contributed by atoms with Crippen molar-refractivity contribution in [3.63, 3.8) is 0 Å². The Morgan fingerprint density at radius 1 is 1.33 bits per heavy atom. The highest BCUT2D eigenvalue weighted by Crippen LogP contribution is 2.30. The van der Waals surface area contributed by atoms with E-state index in [1.54, 1.807) is 7.11 Å². The number of nitrogens with zero attached hydrogens (tertiary/aromatic N) is 3. The van der Waals surface area contributed by atoms with Gasteiger partial charge in [-0.25, -0.2) is 15.8 Å². The van der Waals surface area contributed by atoms with Gasteiger partial charge < -0.3 is 20.4 Å². The van der Waals surface area contributed by atoms with E-state index in [1.165, 1.54) is 12.8 Å². The average Bonchev–Trinajstić information content (AvgIpc) is 2.49. The molecular weight excluding hydrogens is 268 g/mol. The third-order valence-corrected chi connectivity index (χ3v) is 4.08. The second-order valence-corrected chi connectivity index (χ2v) is 6.10. The van der Waals surface area contributed by atoms with Crippen LogP contribution in [0, 0.1) is 5.41 Å². The van der Waals surface area contributed by atoms with Crippen molar-refractivity contribution in [2.24, 2.45) is 11.3 Å². The zero-order valence-electron chi connectivity index (χ0n) is 13.1. The second-order valence-electron chi connectivity index (χ2n) is 6.10. The zero-order valence-corrected chi connectivity index (χ0v) is 13.1. The van der Waals surface area contributed by atoms with E-state index in [2.05, 4.69) is 39.6 Å². The summed E-state index contributed by atoms with van der Waals surface area (Å²) in [5.74, 6) is 7.44. The van der Waals surface area contributed by atoms with Gasteiger partial charge in [-0.3, -0.25) is 0 Å². The summed E-state index contributed by atoms with van der Waals surface area (Å²) in [5, 5.41) is 3.42. The first kappa shape index (κ1) is 15.9. The lowest BCUT2D eigenvalue weighted by Crippen LogP contribution is -2.40. The summed E-state index contributed by atoms with van der Waals surface area (Å²) in [5.41, 5.74) is 2.87. The highest BCUT2D eigenvalue weighted by molar-refractivity contribution is 5.46. The quantitative estimate of drug-likeness (QED) is 0.534. The lowest BCUT2D eigenvalue weighted by Gasteiger charge is -2.38. The van der Waals surface area contributed by atoms with E-state index < -0.39 is 0 Å². The van der Waals surface area contributed by atoms with E-state index in [1.807, 2.05) is 6.07 Å². The number of nitrogen functional groups attached to an aromatic ring is 1. The maximum atomic E-state index is 5.45. The molecule has 0 spiro atoms. The molecule has 1 aromatic heterocycles. The molecule has 21 heavy (non-hydrogen) atoms. The van der Waals surface area contributed by atoms with Crippen molar-refractivity contribution in [3.05, 3.63) is 11.9 Å². The molecule has 0 bridgehead atoms. The van der Waals surface area contributed by atoms with Gasteiger partial charge in [0.25, 0.3) is 0 Å². The third kappa shape index (κ3) is 4.52. The van der Waals surface area contributed by atoms with Gasteiger partial charge in [0.1, 0.15) is 18.2 Å². The molecule has 2 heterocycles. The van der Waals surface area contributed by atoms with Gasteiger partial charge in [0.2, 0.25) is 0 Å². The number of hydrogen-bond donors (Lipinski definition) is 3. The van der Waals surface area contributed by atoms with E-state index in [9.17, 15) is 0 Å². The van der Waals surface area contributed by atoms with E-state index in [4.69, 9.17) is 10.6 Å². The van der Waals surface area contributed by atoms with E-state index >= 15 is 0 Å². The molecule has 1 saturated heterocycles. The summed E-state index contributed by atoms with van der Waals surface area (Å²) >= 11 is 0. The molecule has 0 saturated carbocycles. The van der Waals surface area contributed by atoms with Crippen molar-refractivity contribution in [1.82, 2.24) is 14.9 Å². The van der Waals surface area contributed by atoms with Crippen LogP contribution in [0.25, 0.3) is 0 Å². The van der Waals surface area contributed by atoms with Crippen molar-refractivity contribution in [3.8, 4) is 0 Å². The topological polar surface area (TPSA) is 88.3 Å². The molecule has 2 rings (SSSR count). The fourth-order valence-electron chi connectivity index (χ4n) is 2.49. The van der Waals surface area contributed by atoms with E-state index in [0.717, 1.165) is 25.5 Å². The van der Waals surface area contributed by atoms with Crippen LogP contribution in [-0.2, 0) is 11.3 Å². The smallest absolute Gasteiger partial charge is 0.158 e. The SMILES string of the molecule is COCc1nc(NN)cc(NCC2(C)CCN(C)CC2)n1. The Labute approximate surface area is 126 Å². The number of nitrogens with two attached hydrogens (primary N) is 1. The highest BCUT2D eigenvalue weighted by Gasteiger charge is 2.28. The highest BCUT2D eigenvalue weighted by atomic mass is 16.5. The average molecular weight is 294 g/mol. The largest absolute Gasteiger partial charge is 0.377 e. The molecule has 1 aliphatic rings. The molecule has 4 N–H and O–H groups in total. The van der Waals surface area contributed by atoms with Crippen LogP contribution in [-0.4, -0.2) is 48.7 Å². The standard InChI is InChI=1S/C14H26N6O/c1-14(4-6-20(2)7-5-14)10-16-11-8-12(19-15)18-13(17-11)9-21-3/h8H,4-7,9-10,15H2,1-3H3,(H2,16,17,18,19). The van der Waals surface area contributed by atoms with Crippen LogP contribution in [0.2, 0.25) is 0 Å². The van der Waals surface area contributed by atoms with Gasteiger partial charge in [-0.15, -0.1) is 0 Å². The van der Waals surface area contributed by atoms with Crippen LogP contribution in [0.1, 0.15) is 25.6 Å². The second kappa shape index (κ2) is 7.02. The van der Waals surface area contributed by atoms with Crippen molar-refractivity contribution < 1.29 is 4.74 Å². The Morgan fingerprint density at radius 2 is 2.00 bits per heavy atom. The first-order chi connectivity index (χ1) is 10.0. The fraction of sp³-hybridized carbons (Fsp3) is 0.714. The monoisotopic (exact) mass is 294 g/mol. The lowest BCUT2D eigenvalue weighted by molar-refractivity contribution is 0.150. The summed E-state index contributed by atoms with van der Waals surface area (Å²) in [4.78, 5) is 11.1. The predicted octanol–water partition coefficient (Wildman–Crippen LogP) is 1.05. The minimum absolute atomic E-state index is 0.301. The summed E-state index contributed by atoms with van der Waals surface area (Å²) in [6.45, 7) is 5.88. The number of likely N-dealkylation sites (tertiary alicyclic amines) is 1. The van der Waals surface area contributed by atoms with Gasteiger partial charge in [-0.05, 0) is 38.4 Å². The molecule has 0 aromatic carbocycles. The molecule has 1 aliphatic heterocycles. The first-order valence-electron chi connectivity index (χ1n) is 7.30. The van der Waals surface area contributed by atoms with Crippen molar-refractivity contribution in [2.75, 3.05) is 44.5 Å². The molecule has 0 amide bonds. The van der Waals surface area contributed by atoms with Gasteiger partial charge in [-0.1, -0.05) is 6.92 Å². The Morgan fingerprint density at radius 3 is 2.62 bits per heavy atom. The zero-order chi connectivity index (χ0) is 15.3. The van der Waals surface area contributed by atoms with Gasteiger partial charge in [0.15, 0.2) is 5.82 Å². The Balaban J connectivity index is 2.00. The number of aromatic nitrogens is 2. The number of methoxy groups -OCH3 is 1. The van der Waals surface area contributed by atoms with Gasteiger partial charge in [-0.2, -0.15) is 0 Å². The summed E-state index contributed by atoms with van der Waals surface area (Å²) < 4.78 is 5.08. The number of piperidine rings is 1. The lowest BCUT2D eigenvalue weighted by atomic mass is 9.80. The summed E-state index contributed by atoms with van der Waals surface area (Å²) in [6.07, 6.45) is 2.38. The third-order valence-electron chi connectivity index (χ3n) is 4.08. The molecule has 0 unspecified atom stereocenters. The van der Waals surface area contributed by atoms with E-state index in [-0.39, 0.29) is 0 Å². The molecule has 0 aliphatic carbocycles. The van der Waals surface area contributed by atoms with Crippen molar-refractivity contribution in [1.29, 1.82) is 0 Å². The normalized spacial score (nSPS) is 18.5.